The van der Waals surface area contributed by atoms with Gasteiger partial charge in [-0.1, -0.05) is 0 Å². The maximum absolute atomic E-state index is 5.53. The van der Waals surface area contributed by atoms with E-state index < -0.39 is 0 Å². The normalized spacial score (nSPS) is 16.6. The van der Waals surface area contributed by atoms with E-state index in [2.05, 4.69) is 14.9 Å². The molecule has 1 fully saturated rings. The van der Waals surface area contributed by atoms with Gasteiger partial charge in [0.1, 0.15) is 17.3 Å². The van der Waals surface area contributed by atoms with Crippen LogP contribution in [0.1, 0.15) is 30.3 Å². The van der Waals surface area contributed by atoms with Crippen molar-refractivity contribution in [1.29, 1.82) is 0 Å². The van der Waals surface area contributed by atoms with Gasteiger partial charge >= 0.3 is 0 Å². The van der Waals surface area contributed by atoms with Crippen LogP contribution in [0.25, 0.3) is 0 Å². The molecule has 0 radical (unpaired) electrons. The zero-order chi connectivity index (χ0) is 17.6. The molecule has 2 heterocycles. The minimum absolute atomic E-state index is 0.195. The summed E-state index contributed by atoms with van der Waals surface area (Å²) in [6.45, 7) is 2.36. The maximum Gasteiger partial charge on any atom is 0.125 e. The molecule has 6 heteroatoms. The summed E-state index contributed by atoms with van der Waals surface area (Å²) in [5.74, 6) is 3.19. The summed E-state index contributed by atoms with van der Waals surface area (Å²) in [7, 11) is 5.39. The zero-order valence-corrected chi connectivity index (χ0v) is 15.2. The molecule has 1 aromatic carbocycles. The first-order valence-corrected chi connectivity index (χ1v) is 8.71. The molecule has 0 aliphatic carbocycles. The predicted octanol–water partition coefficient (Wildman–Crippen LogP) is 2.69. The van der Waals surface area contributed by atoms with E-state index in [4.69, 9.17) is 14.2 Å². The van der Waals surface area contributed by atoms with Crippen molar-refractivity contribution in [3.8, 4) is 11.5 Å². The van der Waals surface area contributed by atoms with Gasteiger partial charge in [0.2, 0.25) is 0 Å². The van der Waals surface area contributed by atoms with Crippen LogP contribution < -0.4 is 14.8 Å². The van der Waals surface area contributed by atoms with E-state index in [-0.39, 0.29) is 6.04 Å². The van der Waals surface area contributed by atoms with Gasteiger partial charge in [-0.25, -0.2) is 4.98 Å². The summed E-state index contributed by atoms with van der Waals surface area (Å²) in [5.41, 5.74) is 1.13. The Hall–Kier alpha value is -2.05. The molecule has 1 aromatic heterocycles. The second kappa shape index (κ2) is 8.36. The number of aryl methyl sites for hydroxylation is 1. The zero-order valence-electron chi connectivity index (χ0n) is 15.2. The summed E-state index contributed by atoms with van der Waals surface area (Å²) in [4.78, 5) is 4.58. The van der Waals surface area contributed by atoms with Crippen molar-refractivity contribution >= 4 is 0 Å². The van der Waals surface area contributed by atoms with Crippen molar-refractivity contribution in [3.63, 3.8) is 0 Å². The Balaban J connectivity index is 1.77. The van der Waals surface area contributed by atoms with E-state index in [1.165, 1.54) is 0 Å². The van der Waals surface area contributed by atoms with Crippen LogP contribution >= 0.6 is 0 Å². The predicted molar refractivity (Wildman–Crippen MR) is 95.9 cm³/mol. The third-order valence-electron chi connectivity index (χ3n) is 4.81. The highest BCUT2D eigenvalue weighted by molar-refractivity contribution is 5.38. The number of nitrogens with one attached hydrogen (secondary N) is 1. The Morgan fingerprint density at radius 1 is 1.20 bits per heavy atom. The third-order valence-corrected chi connectivity index (χ3v) is 4.81. The van der Waals surface area contributed by atoms with Crippen molar-refractivity contribution in [2.45, 2.75) is 25.4 Å². The lowest BCUT2D eigenvalue weighted by Crippen LogP contribution is -2.33. The smallest absolute Gasteiger partial charge is 0.125 e. The highest BCUT2D eigenvalue weighted by atomic mass is 16.5. The van der Waals surface area contributed by atoms with Gasteiger partial charge in [0.25, 0.3) is 0 Å². The van der Waals surface area contributed by atoms with Crippen LogP contribution in [0, 0.1) is 5.92 Å². The van der Waals surface area contributed by atoms with Gasteiger partial charge in [0.15, 0.2) is 0 Å². The van der Waals surface area contributed by atoms with E-state index in [0.717, 1.165) is 55.5 Å². The van der Waals surface area contributed by atoms with Gasteiger partial charge in [-0.05, 0) is 36.5 Å². The fraction of sp³-hybridized carbons (Fsp3) is 0.526. The number of aromatic nitrogens is 2. The van der Waals surface area contributed by atoms with E-state index in [1.54, 1.807) is 14.2 Å². The lowest BCUT2D eigenvalue weighted by atomic mass is 9.91. The van der Waals surface area contributed by atoms with Crippen LogP contribution in [-0.4, -0.2) is 37.0 Å². The number of methoxy groups -OCH3 is 2. The number of hydrogen-bond acceptors (Lipinski definition) is 5. The minimum atomic E-state index is 0.195. The molecule has 1 N–H and O–H groups in total. The van der Waals surface area contributed by atoms with E-state index in [0.29, 0.717) is 5.92 Å². The van der Waals surface area contributed by atoms with Gasteiger partial charge in [-0.2, -0.15) is 0 Å². The maximum atomic E-state index is 5.53. The molecule has 6 nitrogen and oxygen atoms in total. The highest BCUT2D eigenvalue weighted by Crippen LogP contribution is 2.30. The molecule has 25 heavy (non-hydrogen) atoms. The third kappa shape index (κ3) is 4.32. The van der Waals surface area contributed by atoms with Crippen LogP contribution in [-0.2, 0) is 18.3 Å². The van der Waals surface area contributed by atoms with Crippen molar-refractivity contribution in [2.24, 2.45) is 13.0 Å². The topological polar surface area (TPSA) is 57.5 Å². The second-order valence-corrected chi connectivity index (χ2v) is 6.43. The van der Waals surface area contributed by atoms with E-state index in [1.807, 2.05) is 37.6 Å². The second-order valence-electron chi connectivity index (χ2n) is 6.43. The molecular formula is C19H27N3O3. The van der Waals surface area contributed by atoms with Crippen molar-refractivity contribution in [3.05, 3.63) is 42.0 Å². The molecule has 0 saturated carbocycles. The number of imidazole rings is 1. The number of hydrogen-bond donors (Lipinski definition) is 1. The first kappa shape index (κ1) is 17.8. The highest BCUT2D eigenvalue weighted by Gasteiger charge is 2.27. The summed E-state index contributed by atoms with van der Waals surface area (Å²) in [5, 5.41) is 3.70. The molecule has 136 valence electrons. The van der Waals surface area contributed by atoms with Crippen LogP contribution in [0.2, 0.25) is 0 Å². The molecule has 0 spiro atoms. The summed E-state index contributed by atoms with van der Waals surface area (Å²) in [6, 6.07) is 6.16. The van der Waals surface area contributed by atoms with Crippen molar-refractivity contribution in [2.75, 3.05) is 27.4 Å². The molecule has 1 aliphatic heterocycles. The van der Waals surface area contributed by atoms with Crippen LogP contribution in [0.15, 0.2) is 30.6 Å². The first-order valence-electron chi connectivity index (χ1n) is 8.71. The van der Waals surface area contributed by atoms with Gasteiger partial charge in [-0.15, -0.1) is 0 Å². The fourth-order valence-electron chi connectivity index (χ4n) is 3.39. The quantitative estimate of drug-likeness (QED) is 0.836. The molecule has 1 atom stereocenters. The molecular weight excluding hydrogens is 318 g/mol. The number of ether oxygens (including phenoxy) is 3. The summed E-state index contributed by atoms with van der Waals surface area (Å²) in [6.07, 6.45) is 5.95. The molecule has 2 aromatic rings. The van der Waals surface area contributed by atoms with Gasteiger partial charge in [0.05, 0.1) is 20.3 Å². The summed E-state index contributed by atoms with van der Waals surface area (Å²) >= 11 is 0. The number of nitrogens with zero attached hydrogens (tertiary/aromatic N) is 2. The lowest BCUT2D eigenvalue weighted by molar-refractivity contribution is 0.0518. The SMILES string of the molecule is COc1cc(CN[C@H](c2nccn2C)C2CCOCC2)cc(OC)c1. The monoisotopic (exact) mass is 345 g/mol. The Labute approximate surface area is 149 Å². The van der Waals surface area contributed by atoms with E-state index in [9.17, 15) is 0 Å². The first-order chi connectivity index (χ1) is 12.2. The van der Waals surface area contributed by atoms with Gasteiger partial charge in [-0.3, -0.25) is 0 Å². The lowest BCUT2D eigenvalue weighted by Gasteiger charge is -2.31. The van der Waals surface area contributed by atoms with Crippen LogP contribution in [0.4, 0.5) is 0 Å². The van der Waals surface area contributed by atoms with Crippen molar-refractivity contribution in [1.82, 2.24) is 14.9 Å². The molecule has 0 bridgehead atoms. The van der Waals surface area contributed by atoms with Gasteiger partial charge in [0, 0.05) is 45.3 Å². The molecule has 0 unspecified atom stereocenters. The van der Waals surface area contributed by atoms with Crippen molar-refractivity contribution < 1.29 is 14.2 Å². The number of rotatable bonds is 7. The Morgan fingerprint density at radius 3 is 2.44 bits per heavy atom. The van der Waals surface area contributed by atoms with Crippen LogP contribution in [0.5, 0.6) is 11.5 Å². The molecule has 3 rings (SSSR count). The molecule has 1 aliphatic rings. The molecule has 0 amide bonds. The minimum Gasteiger partial charge on any atom is -0.497 e. The Kier molecular flexibility index (Phi) is 5.94. The molecule has 1 saturated heterocycles. The largest absolute Gasteiger partial charge is 0.497 e. The average Bonchev–Trinajstić information content (AvgIpc) is 3.08. The average molecular weight is 345 g/mol. The Bertz CT molecular complexity index is 658. The standard InChI is InChI=1S/C19H27N3O3/c1-22-7-6-20-19(22)18(15-4-8-25-9-5-15)21-13-14-10-16(23-2)12-17(11-14)24-3/h6-7,10-12,15,18,21H,4-5,8-9,13H2,1-3H3/t18-/m0/s1. The van der Waals surface area contributed by atoms with E-state index >= 15 is 0 Å². The fourth-order valence-corrected chi connectivity index (χ4v) is 3.39. The Morgan fingerprint density at radius 2 is 1.88 bits per heavy atom. The number of benzene rings is 1. The van der Waals surface area contributed by atoms with Crippen LogP contribution in [0.3, 0.4) is 0 Å². The van der Waals surface area contributed by atoms with Gasteiger partial charge < -0.3 is 24.1 Å². The summed E-state index contributed by atoms with van der Waals surface area (Å²) < 4.78 is 18.4.